The van der Waals surface area contributed by atoms with Crippen molar-refractivity contribution in [1.29, 1.82) is 0 Å². The van der Waals surface area contributed by atoms with Crippen LogP contribution in [-0.2, 0) is 22.5 Å². The van der Waals surface area contributed by atoms with Crippen molar-refractivity contribution in [2.75, 3.05) is 28.4 Å². The zero-order valence-electron chi connectivity index (χ0n) is 25.4. The van der Waals surface area contributed by atoms with Gasteiger partial charge >= 0.3 is 17.1 Å². The van der Waals surface area contributed by atoms with Crippen molar-refractivity contribution in [2.24, 2.45) is 11.8 Å². The summed E-state index contributed by atoms with van der Waals surface area (Å²) in [5, 5.41) is 0. The van der Waals surface area contributed by atoms with Gasteiger partial charge in [-0.15, -0.1) is 0 Å². The van der Waals surface area contributed by atoms with Crippen LogP contribution in [0.2, 0.25) is 25.2 Å². The number of hydrogen-bond acceptors (Lipinski definition) is 5. The van der Waals surface area contributed by atoms with Gasteiger partial charge in [0.15, 0.2) is 0 Å². The highest BCUT2D eigenvalue weighted by atomic mass is 28.4. The largest absolute Gasteiger partial charge is 0.398 e. The molecule has 2 unspecified atom stereocenters. The molecule has 0 heterocycles. The smallest absolute Gasteiger partial charge is 0.334 e. The predicted octanol–water partition coefficient (Wildman–Crippen LogP) is 8.80. The van der Waals surface area contributed by atoms with Crippen LogP contribution in [-0.4, -0.2) is 51.3 Å². The molecule has 0 aliphatic heterocycles. The number of rotatable bonds is 26. The number of unbranched alkanes of at least 4 members (excludes halogenated alkanes) is 10. The third-order valence-electron chi connectivity index (χ3n) is 8.38. The first kappa shape index (κ1) is 35.9. The average Bonchev–Trinajstić information content (AvgIpc) is 2.90. The summed E-state index contributed by atoms with van der Waals surface area (Å²) in [7, 11) is 3.31. The fourth-order valence-electron chi connectivity index (χ4n) is 5.09. The summed E-state index contributed by atoms with van der Waals surface area (Å²) < 4.78 is 22.3. The summed E-state index contributed by atoms with van der Waals surface area (Å²) in [5.41, 5.74) is 0. The monoisotopic (exact) mass is 546 g/mol. The summed E-state index contributed by atoms with van der Waals surface area (Å²) >= 11 is 0. The fourth-order valence-corrected chi connectivity index (χ4v) is 8.03. The fraction of sp³-hybridized carbons (Fsp3) is 0.966. The molecule has 0 aliphatic carbocycles. The van der Waals surface area contributed by atoms with Crippen LogP contribution in [0.3, 0.4) is 0 Å². The maximum atomic E-state index is 13.2. The molecule has 0 aliphatic rings. The lowest BCUT2D eigenvalue weighted by Crippen LogP contribution is -2.35. The van der Waals surface area contributed by atoms with Gasteiger partial charge in [-0.2, -0.15) is 0 Å². The molecule has 0 aromatic carbocycles. The Morgan fingerprint density at radius 3 is 1.08 bits per heavy atom. The van der Waals surface area contributed by atoms with Crippen LogP contribution in [0.15, 0.2) is 0 Å². The molecule has 0 rings (SSSR count). The lowest BCUT2D eigenvalue weighted by molar-refractivity contribution is -0.127. The number of carbonyl (C=O) groups is 1. The molecule has 0 aromatic heterocycles. The Morgan fingerprint density at radius 2 is 0.806 bits per heavy atom. The summed E-state index contributed by atoms with van der Waals surface area (Å²) in [4.78, 5) is 13.2. The highest BCUT2D eigenvalue weighted by molar-refractivity contribution is 6.66. The Hall–Kier alpha value is -0.0562. The van der Waals surface area contributed by atoms with Crippen LogP contribution in [0.1, 0.15) is 117 Å². The molecule has 36 heavy (non-hydrogen) atoms. The van der Waals surface area contributed by atoms with Gasteiger partial charge in [0.1, 0.15) is 5.78 Å². The normalized spacial score (nSPS) is 14.2. The molecule has 5 nitrogen and oxygen atoms in total. The van der Waals surface area contributed by atoms with Crippen molar-refractivity contribution in [2.45, 2.75) is 142 Å². The van der Waals surface area contributed by atoms with Crippen molar-refractivity contribution in [3.8, 4) is 0 Å². The van der Waals surface area contributed by atoms with Crippen molar-refractivity contribution >= 4 is 22.9 Å². The molecule has 0 fully saturated rings. The van der Waals surface area contributed by atoms with Crippen molar-refractivity contribution < 1.29 is 22.5 Å². The summed E-state index contributed by atoms with van der Waals surface area (Å²) in [6.45, 7) is 8.68. The van der Waals surface area contributed by atoms with Crippen molar-refractivity contribution in [1.82, 2.24) is 0 Å². The zero-order chi connectivity index (χ0) is 27.3. The zero-order valence-corrected chi connectivity index (χ0v) is 27.4. The Morgan fingerprint density at radius 1 is 0.528 bits per heavy atom. The van der Waals surface area contributed by atoms with Gasteiger partial charge in [-0.25, -0.2) is 0 Å². The lowest BCUT2D eigenvalue weighted by atomic mass is 9.83. The van der Waals surface area contributed by atoms with E-state index in [9.17, 15) is 4.79 Å². The predicted molar refractivity (Wildman–Crippen MR) is 158 cm³/mol. The van der Waals surface area contributed by atoms with Crippen LogP contribution >= 0.6 is 0 Å². The Balaban J connectivity index is 4.00. The molecule has 0 saturated carbocycles. The molecule has 0 saturated heterocycles. The molecule has 0 amide bonds. The third kappa shape index (κ3) is 16.0. The van der Waals surface area contributed by atoms with Gasteiger partial charge in [0.2, 0.25) is 0 Å². The molecule has 0 radical (unpaired) electrons. The van der Waals surface area contributed by atoms with Gasteiger partial charge in [-0.1, -0.05) is 90.9 Å². The van der Waals surface area contributed by atoms with Gasteiger partial charge in [-0.05, 0) is 50.9 Å². The van der Waals surface area contributed by atoms with Crippen LogP contribution in [0.25, 0.3) is 0 Å². The SMILES string of the molecule is CCC(CCCCCCCC[Si](C)(OC)OC)C(=O)C(CC)CCCCCCCC[Si](C)(OC)OC. The molecule has 0 spiro atoms. The minimum Gasteiger partial charge on any atom is -0.398 e. The van der Waals surface area contributed by atoms with Gasteiger partial charge in [0.05, 0.1) is 0 Å². The number of ketones is 1. The minimum atomic E-state index is -1.89. The quantitative estimate of drug-likeness (QED) is 0.0801. The minimum absolute atomic E-state index is 0.269. The van der Waals surface area contributed by atoms with E-state index in [1.165, 1.54) is 77.0 Å². The first-order chi connectivity index (χ1) is 17.2. The highest BCUT2D eigenvalue weighted by Gasteiger charge is 2.28. The van der Waals surface area contributed by atoms with Crippen LogP contribution < -0.4 is 0 Å². The molecule has 2 atom stereocenters. The summed E-state index contributed by atoms with van der Waals surface area (Å²) in [6, 6.07) is 2.16. The van der Waals surface area contributed by atoms with Crippen molar-refractivity contribution in [3.05, 3.63) is 0 Å². The topological polar surface area (TPSA) is 54.0 Å². The Kier molecular flexibility index (Phi) is 21.8. The number of hydrogen-bond donors (Lipinski definition) is 0. The van der Waals surface area contributed by atoms with Gasteiger partial charge in [-0.3, -0.25) is 4.79 Å². The Bertz CT molecular complexity index is 480. The second kappa shape index (κ2) is 21.8. The first-order valence-corrected chi connectivity index (χ1v) is 20.0. The van der Waals surface area contributed by atoms with Gasteiger partial charge in [0, 0.05) is 40.3 Å². The number of carbonyl (C=O) groups excluding carboxylic acids is 1. The Labute approximate surface area is 227 Å². The second-order valence-corrected chi connectivity index (χ2v) is 18.2. The molecular weight excluding hydrogens is 484 g/mol. The van der Waals surface area contributed by atoms with E-state index < -0.39 is 17.1 Å². The first-order valence-electron chi connectivity index (χ1n) is 15.0. The van der Waals surface area contributed by atoms with E-state index in [2.05, 4.69) is 26.9 Å². The highest BCUT2D eigenvalue weighted by Crippen LogP contribution is 2.25. The molecule has 0 aromatic rings. The third-order valence-corrected chi connectivity index (χ3v) is 14.4. The maximum absolute atomic E-state index is 13.2. The summed E-state index contributed by atoms with van der Waals surface area (Å²) in [5.74, 6) is 1.09. The average molecular weight is 547 g/mol. The van der Waals surface area contributed by atoms with E-state index in [0.717, 1.165) is 37.8 Å². The standard InChI is InChI=1S/C29H62O5Si2/c1-9-27(23-19-15-11-13-17-21-25-35(7,31-3)32-4)29(30)28(10-2)24-20-16-12-14-18-22-26-36(8,33-5)34-6/h27-28H,9-26H2,1-8H3. The number of Topliss-reactive ketones (excluding diaryl/α,β-unsaturated/α-hetero) is 1. The van der Waals surface area contributed by atoms with E-state index in [0.29, 0.717) is 5.78 Å². The van der Waals surface area contributed by atoms with Crippen LogP contribution in [0, 0.1) is 11.8 Å². The van der Waals surface area contributed by atoms with E-state index in [4.69, 9.17) is 17.7 Å². The molecule has 216 valence electrons. The van der Waals surface area contributed by atoms with E-state index in [-0.39, 0.29) is 11.8 Å². The molecular formula is C29H62O5Si2. The van der Waals surface area contributed by atoms with E-state index >= 15 is 0 Å². The second-order valence-electron chi connectivity index (χ2n) is 11.0. The molecule has 0 N–H and O–H groups in total. The van der Waals surface area contributed by atoms with E-state index in [1.54, 1.807) is 28.4 Å². The van der Waals surface area contributed by atoms with Crippen LogP contribution in [0.4, 0.5) is 0 Å². The summed E-state index contributed by atoms with van der Waals surface area (Å²) in [6.07, 6.45) is 19.0. The van der Waals surface area contributed by atoms with Crippen LogP contribution in [0.5, 0.6) is 0 Å². The molecule has 7 heteroatoms. The molecule has 0 bridgehead atoms. The van der Waals surface area contributed by atoms with Crippen molar-refractivity contribution in [3.63, 3.8) is 0 Å². The van der Waals surface area contributed by atoms with Gasteiger partial charge < -0.3 is 17.7 Å². The van der Waals surface area contributed by atoms with Gasteiger partial charge in [0.25, 0.3) is 0 Å². The maximum Gasteiger partial charge on any atom is 0.334 e. The lowest BCUT2D eigenvalue weighted by Gasteiger charge is -2.22. The van der Waals surface area contributed by atoms with E-state index in [1.807, 2.05) is 0 Å².